The summed E-state index contributed by atoms with van der Waals surface area (Å²) in [5.41, 5.74) is 5.49. The molecule has 0 aliphatic carbocycles. The van der Waals surface area contributed by atoms with Crippen LogP contribution in [-0.4, -0.2) is 31.1 Å². The predicted octanol–water partition coefficient (Wildman–Crippen LogP) is 1.07. The molecule has 1 aliphatic rings. The van der Waals surface area contributed by atoms with Crippen LogP contribution in [-0.2, 0) is 0 Å². The van der Waals surface area contributed by atoms with Gasteiger partial charge in [0.15, 0.2) is 0 Å². The minimum atomic E-state index is 0.818. The van der Waals surface area contributed by atoms with Gasteiger partial charge in [0.1, 0.15) is 0 Å². The summed E-state index contributed by atoms with van der Waals surface area (Å²) in [6.07, 6.45) is 4.13. The van der Waals surface area contributed by atoms with Crippen LogP contribution >= 0.6 is 0 Å². The lowest BCUT2D eigenvalue weighted by Gasteiger charge is -2.13. The average molecular weight is 156 g/mol. The molecule has 0 aromatic heterocycles. The molecule has 1 atom stereocenters. The zero-order valence-corrected chi connectivity index (χ0v) is 7.55. The predicted molar refractivity (Wildman–Crippen MR) is 48.5 cm³/mol. The van der Waals surface area contributed by atoms with Crippen LogP contribution in [0.2, 0.25) is 0 Å². The van der Waals surface area contributed by atoms with E-state index in [4.69, 9.17) is 5.73 Å². The standard InChI is InChI=1S/C9H20N2/c1-2-3-9-4-6-11(8-9)7-5-10/h9H,2-8,10H2,1H3/t9-/m1/s1. The summed E-state index contributed by atoms with van der Waals surface area (Å²) >= 11 is 0. The molecule has 0 bridgehead atoms. The Balaban J connectivity index is 2.12. The molecule has 11 heavy (non-hydrogen) atoms. The fourth-order valence-corrected chi connectivity index (χ4v) is 1.94. The van der Waals surface area contributed by atoms with Crippen LogP contribution in [0.5, 0.6) is 0 Å². The third-order valence-electron chi connectivity index (χ3n) is 2.51. The van der Waals surface area contributed by atoms with Crippen LogP contribution in [0.3, 0.4) is 0 Å². The largest absolute Gasteiger partial charge is 0.329 e. The maximum absolute atomic E-state index is 5.49. The average Bonchev–Trinajstić information content (AvgIpc) is 2.38. The SMILES string of the molecule is CCC[C@@H]1CCN(CCN)C1. The van der Waals surface area contributed by atoms with Crippen LogP contribution in [0, 0.1) is 5.92 Å². The Morgan fingerprint density at radius 3 is 3.00 bits per heavy atom. The maximum Gasteiger partial charge on any atom is 0.0105 e. The lowest BCUT2D eigenvalue weighted by Crippen LogP contribution is -2.27. The normalized spacial score (nSPS) is 26.2. The quantitative estimate of drug-likeness (QED) is 0.659. The molecule has 1 heterocycles. The Kier molecular flexibility index (Phi) is 3.87. The molecule has 0 saturated carbocycles. The molecule has 0 aromatic rings. The lowest BCUT2D eigenvalue weighted by atomic mass is 10.0. The molecule has 0 aromatic carbocycles. The zero-order valence-electron chi connectivity index (χ0n) is 7.55. The summed E-state index contributed by atoms with van der Waals surface area (Å²) < 4.78 is 0. The second-order valence-electron chi connectivity index (χ2n) is 3.53. The van der Waals surface area contributed by atoms with Crippen molar-refractivity contribution in [1.29, 1.82) is 0 Å². The van der Waals surface area contributed by atoms with E-state index in [1.165, 1.54) is 32.4 Å². The van der Waals surface area contributed by atoms with Gasteiger partial charge in [-0.3, -0.25) is 0 Å². The third kappa shape index (κ3) is 2.80. The van der Waals surface area contributed by atoms with Crippen molar-refractivity contribution < 1.29 is 0 Å². The van der Waals surface area contributed by atoms with Gasteiger partial charge in [-0.25, -0.2) is 0 Å². The molecular formula is C9H20N2. The van der Waals surface area contributed by atoms with Crippen molar-refractivity contribution in [3.63, 3.8) is 0 Å². The molecule has 2 heteroatoms. The first-order chi connectivity index (χ1) is 5.36. The topological polar surface area (TPSA) is 29.3 Å². The van der Waals surface area contributed by atoms with Crippen molar-refractivity contribution in [2.45, 2.75) is 26.2 Å². The molecule has 1 rings (SSSR count). The number of hydrogen-bond donors (Lipinski definition) is 1. The van der Waals surface area contributed by atoms with E-state index in [0.717, 1.165) is 19.0 Å². The van der Waals surface area contributed by atoms with Crippen molar-refractivity contribution in [2.24, 2.45) is 11.7 Å². The van der Waals surface area contributed by atoms with Gasteiger partial charge in [-0.2, -0.15) is 0 Å². The van der Waals surface area contributed by atoms with Crippen molar-refractivity contribution in [1.82, 2.24) is 4.90 Å². The van der Waals surface area contributed by atoms with Gasteiger partial charge in [-0.05, 0) is 25.3 Å². The van der Waals surface area contributed by atoms with Gasteiger partial charge < -0.3 is 10.6 Å². The minimum Gasteiger partial charge on any atom is -0.329 e. The summed E-state index contributed by atoms with van der Waals surface area (Å²) in [5, 5.41) is 0. The Labute approximate surface area is 69.8 Å². The van der Waals surface area contributed by atoms with Crippen molar-refractivity contribution >= 4 is 0 Å². The summed E-state index contributed by atoms with van der Waals surface area (Å²) in [5.74, 6) is 0.964. The zero-order chi connectivity index (χ0) is 8.10. The van der Waals surface area contributed by atoms with Gasteiger partial charge >= 0.3 is 0 Å². The summed E-state index contributed by atoms with van der Waals surface area (Å²) in [7, 11) is 0. The summed E-state index contributed by atoms with van der Waals surface area (Å²) in [4.78, 5) is 2.49. The molecule has 0 amide bonds. The van der Waals surface area contributed by atoms with Gasteiger partial charge in [0.25, 0.3) is 0 Å². The minimum absolute atomic E-state index is 0.818. The first kappa shape index (κ1) is 9.01. The molecule has 1 saturated heterocycles. The van der Waals surface area contributed by atoms with Crippen LogP contribution < -0.4 is 5.73 Å². The fourth-order valence-electron chi connectivity index (χ4n) is 1.94. The van der Waals surface area contributed by atoms with Gasteiger partial charge in [0.05, 0.1) is 0 Å². The molecule has 1 fully saturated rings. The Morgan fingerprint density at radius 2 is 2.36 bits per heavy atom. The number of hydrogen-bond acceptors (Lipinski definition) is 2. The van der Waals surface area contributed by atoms with Crippen LogP contribution in [0.25, 0.3) is 0 Å². The van der Waals surface area contributed by atoms with Crippen molar-refractivity contribution in [3.8, 4) is 0 Å². The maximum atomic E-state index is 5.49. The van der Waals surface area contributed by atoms with E-state index in [9.17, 15) is 0 Å². The van der Waals surface area contributed by atoms with Crippen molar-refractivity contribution in [3.05, 3.63) is 0 Å². The van der Waals surface area contributed by atoms with Crippen LogP contribution in [0.1, 0.15) is 26.2 Å². The molecule has 2 nitrogen and oxygen atoms in total. The molecule has 0 spiro atoms. The van der Waals surface area contributed by atoms with E-state index in [1.807, 2.05) is 0 Å². The van der Waals surface area contributed by atoms with E-state index in [0.29, 0.717) is 0 Å². The smallest absolute Gasteiger partial charge is 0.0105 e. The third-order valence-corrected chi connectivity index (χ3v) is 2.51. The molecule has 2 N–H and O–H groups in total. The lowest BCUT2D eigenvalue weighted by molar-refractivity contribution is 0.329. The van der Waals surface area contributed by atoms with E-state index in [1.54, 1.807) is 0 Å². The first-order valence-corrected chi connectivity index (χ1v) is 4.79. The monoisotopic (exact) mass is 156 g/mol. The molecule has 0 unspecified atom stereocenters. The highest BCUT2D eigenvalue weighted by Crippen LogP contribution is 2.19. The van der Waals surface area contributed by atoms with Gasteiger partial charge in [-0.1, -0.05) is 13.3 Å². The van der Waals surface area contributed by atoms with Crippen LogP contribution in [0.15, 0.2) is 0 Å². The fraction of sp³-hybridized carbons (Fsp3) is 1.00. The number of nitrogens with zero attached hydrogens (tertiary/aromatic N) is 1. The van der Waals surface area contributed by atoms with E-state index >= 15 is 0 Å². The second kappa shape index (κ2) is 4.73. The summed E-state index contributed by atoms with van der Waals surface area (Å²) in [6, 6.07) is 0. The van der Waals surface area contributed by atoms with Gasteiger partial charge in [0, 0.05) is 19.6 Å². The second-order valence-corrected chi connectivity index (χ2v) is 3.53. The molecule has 1 aliphatic heterocycles. The van der Waals surface area contributed by atoms with E-state index in [-0.39, 0.29) is 0 Å². The van der Waals surface area contributed by atoms with Crippen LogP contribution in [0.4, 0.5) is 0 Å². The number of nitrogens with two attached hydrogens (primary N) is 1. The highest BCUT2D eigenvalue weighted by molar-refractivity contribution is 4.74. The Morgan fingerprint density at radius 1 is 1.55 bits per heavy atom. The molecule has 0 radical (unpaired) electrons. The van der Waals surface area contributed by atoms with E-state index < -0.39 is 0 Å². The Bertz CT molecular complexity index is 91.7. The summed E-state index contributed by atoms with van der Waals surface area (Å²) in [6.45, 7) is 6.76. The van der Waals surface area contributed by atoms with Crippen molar-refractivity contribution in [2.75, 3.05) is 26.2 Å². The highest BCUT2D eigenvalue weighted by Gasteiger charge is 2.20. The number of rotatable bonds is 4. The Hall–Kier alpha value is -0.0800. The molecular weight excluding hydrogens is 136 g/mol. The number of likely N-dealkylation sites (tertiary alicyclic amines) is 1. The van der Waals surface area contributed by atoms with Gasteiger partial charge in [0.2, 0.25) is 0 Å². The highest BCUT2D eigenvalue weighted by atomic mass is 15.1. The molecule has 66 valence electrons. The van der Waals surface area contributed by atoms with Gasteiger partial charge in [-0.15, -0.1) is 0 Å². The first-order valence-electron chi connectivity index (χ1n) is 4.79. The van der Waals surface area contributed by atoms with E-state index in [2.05, 4.69) is 11.8 Å².